The van der Waals surface area contributed by atoms with Gasteiger partial charge in [0.2, 0.25) is 0 Å². The van der Waals surface area contributed by atoms with Crippen LogP contribution in [-0.4, -0.2) is 11.3 Å². The number of carbonyl (C=O) groups excluding carboxylic acids is 1. The third kappa shape index (κ3) is 15.0. The molecule has 0 saturated heterocycles. The van der Waals surface area contributed by atoms with Crippen molar-refractivity contribution in [2.45, 2.75) is 80.6 Å². The Morgan fingerprint density at radius 3 is 1.84 bits per heavy atom. The number of allylic oxidation sites excluding steroid dienone is 1. The summed E-state index contributed by atoms with van der Waals surface area (Å²) in [4.78, 5) is 14.3. The van der Waals surface area contributed by atoms with Crippen molar-refractivity contribution in [2.24, 2.45) is 17.8 Å². The minimum Gasteiger partial charge on any atom is -0.298 e. The van der Waals surface area contributed by atoms with Crippen LogP contribution in [0.3, 0.4) is 0 Å². The van der Waals surface area contributed by atoms with Gasteiger partial charge in [-0.1, -0.05) is 95.2 Å². The third-order valence-electron chi connectivity index (χ3n) is 6.64. The lowest BCUT2D eigenvalue weighted by Gasteiger charge is -2.11. The molecule has 3 aromatic rings. The Kier molecular flexibility index (Phi) is 16.6. The number of pyridine rings is 1. The fraction of sp³-hybridized carbons (Fsp3) is 0.429. The SMILES string of the molecule is C/C=C\c1ccc(C=O)cc1C.CC1C[C@H](C)CC[C@H](C)C1.CCc1ccccc1.Cc1ccncc1. The zero-order chi connectivity index (χ0) is 27.5. The molecular weight excluding hydrogens is 450 g/mol. The fourth-order valence-electron chi connectivity index (χ4n) is 4.55. The van der Waals surface area contributed by atoms with Crippen molar-refractivity contribution < 1.29 is 4.79 Å². The third-order valence-corrected chi connectivity index (χ3v) is 6.64. The number of hydrogen-bond donors (Lipinski definition) is 0. The Bertz CT molecular complexity index is 998. The maximum absolute atomic E-state index is 10.4. The molecule has 0 spiro atoms. The number of carbonyl (C=O) groups is 1. The van der Waals surface area contributed by atoms with Gasteiger partial charge in [-0.25, -0.2) is 0 Å². The number of aryl methyl sites for hydroxylation is 3. The smallest absolute Gasteiger partial charge is 0.150 e. The van der Waals surface area contributed by atoms with Gasteiger partial charge in [0.15, 0.2) is 0 Å². The lowest BCUT2D eigenvalue weighted by Crippen LogP contribution is -1.99. The molecule has 2 aromatic carbocycles. The van der Waals surface area contributed by atoms with Gasteiger partial charge in [-0.2, -0.15) is 0 Å². The van der Waals surface area contributed by atoms with E-state index in [1.54, 1.807) is 12.4 Å². The molecule has 0 amide bonds. The molecular formula is C35H49NO. The standard InChI is InChI=1S/C11H12O.C10H20.C8H10.C6H7N/c1-3-4-11-6-5-10(8-12)7-9(11)2;1-8-4-5-9(2)7-10(3)6-8;1-2-8-6-4-3-5-7-8;1-6-2-4-7-5-3-6/h3-8H,1-2H3;8-10H,4-7H2,1-3H3;3-7H,2H2,1H3;2-5H,1H3/b4-3-;;;/t;8-,9+,10?;;. The Morgan fingerprint density at radius 2 is 1.43 bits per heavy atom. The van der Waals surface area contributed by atoms with Gasteiger partial charge in [-0.15, -0.1) is 0 Å². The van der Waals surface area contributed by atoms with Gasteiger partial charge in [0.05, 0.1) is 0 Å². The highest BCUT2D eigenvalue weighted by molar-refractivity contribution is 5.76. The number of aromatic nitrogens is 1. The van der Waals surface area contributed by atoms with Gasteiger partial charge in [-0.05, 0) is 98.2 Å². The molecule has 0 N–H and O–H groups in total. The molecule has 0 aliphatic heterocycles. The molecule has 0 bridgehead atoms. The first-order chi connectivity index (χ1) is 17.8. The lowest BCUT2D eigenvalue weighted by molar-refractivity contribution is 0.112. The van der Waals surface area contributed by atoms with E-state index in [4.69, 9.17) is 0 Å². The van der Waals surface area contributed by atoms with Crippen molar-refractivity contribution in [3.05, 3.63) is 107 Å². The molecule has 0 radical (unpaired) electrons. The number of aldehydes is 1. The van der Waals surface area contributed by atoms with E-state index < -0.39 is 0 Å². The highest BCUT2D eigenvalue weighted by Crippen LogP contribution is 2.30. The van der Waals surface area contributed by atoms with Crippen molar-refractivity contribution in [1.29, 1.82) is 0 Å². The lowest BCUT2D eigenvalue weighted by atomic mass is 9.95. The molecule has 1 aromatic heterocycles. The Hall–Kier alpha value is -3.00. The summed E-state index contributed by atoms with van der Waals surface area (Å²) in [5.41, 5.74) is 5.71. The van der Waals surface area contributed by atoms with Crippen molar-refractivity contribution in [3.8, 4) is 0 Å². The highest BCUT2D eigenvalue weighted by atomic mass is 16.1. The highest BCUT2D eigenvalue weighted by Gasteiger charge is 2.17. The van der Waals surface area contributed by atoms with Crippen LogP contribution in [0.2, 0.25) is 0 Å². The van der Waals surface area contributed by atoms with E-state index >= 15 is 0 Å². The summed E-state index contributed by atoms with van der Waals surface area (Å²) in [7, 11) is 0. The van der Waals surface area contributed by atoms with Crippen LogP contribution in [0.4, 0.5) is 0 Å². The van der Waals surface area contributed by atoms with Gasteiger partial charge in [0, 0.05) is 18.0 Å². The average Bonchev–Trinajstić information content (AvgIpc) is 3.05. The van der Waals surface area contributed by atoms with E-state index in [1.807, 2.05) is 69.3 Å². The minimum atomic E-state index is 0.737. The van der Waals surface area contributed by atoms with Crippen molar-refractivity contribution >= 4 is 12.4 Å². The van der Waals surface area contributed by atoms with E-state index in [1.165, 1.54) is 42.4 Å². The molecule has 2 heteroatoms. The Morgan fingerprint density at radius 1 is 0.838 bits per heavy atom. The van der Waals surface area contributed by atoms with E-state index in [2.05, 4.69) is 56.9 Å². The predicted octanol–water partition coefficient (Wildman–Crippen LogP) is 9.95. The first kappa shape index (κ1) is 32.0. The van der Waals surface area contributed by atoms with E-state index in [0.29, 0.717) is 0 Å². The van der Waals surface area contributed by atoms with Gasteiger partial charge >= 0.3 is 0 Å². The van der Waals surface area contributed by atoms with Crippen LogP contribution in [0, 0.1) is 31.6 Å². The Balaban J connectivity index is 0.000000252. The topological polar surface area (TPSA) is 30.0 Å². The second-order valence-electron chi connectivity index (χ2n) is 10.5. The van der Waals surface area contributed by atoms with Crippen LogP contribution in [0.1, 0.15) is 92.9 Å². The van der Waals surface area contributed by atoms with Crippen LogP contribution >= 0.6 is 0 Å². The number of hydrogen-bond acceptors (Lipinski definition) is 2. The average molecular weight is 500 g/mol. The van der Waals surface area contributed by atoms with Crippen LogP contribution in [-0.2, 0) is 6.42 Å². The van der Waals surface area contributed by atoms with Crippen LogP contribution < -0.4 is 0 Å². The van der Waals surface area contributed by atoms with E-state index in [0.717, 1.165) is 41.6 Å². The first-order valence-electron chi connectivity index (χ1n) is 13.9. The van der Waals surface area contributed by atoms with Crippen LogP contribution in [0.15, 0.2) is 79.1 Å². The minimum absolute atomic E-state index is 0.737. The summed E-state index contributed by atoms with van der Waals surface area (Å²) in [5, 5.41) is 0. The molecule has 1 heterocycles. The van der Waals surface area contributed by atoms with Crippen molar-refractivity contribution in [3.63, 3.8) is 0 Å². The molecule has 3 atom stereocenters. The molecule has 1 saturated carbocycles. The summed E-state index contributed by atoms with van der Waals surface area (Å²) in [6.07, 6.45) is 15.5. The molecule has 1 fully saturated rings. The molecule has 4 rings (SSSR count). The van der Waals surface area contributed by atoms with Gasteiger partial charge in [-0.3, -0.25) is 9.78 Å². The maximum atomic E-state index is 10.4. The first-order valence-corrected chi connectivity index (χ1v) is 13.9. The summed E-state index contributed by atoms with van der Waals surface area (Å²) in [5.74, 6) is 2.95. The van der Waals surface area contributed by atoms with E-state index in [-0.39, 0.29) is 0 Å². The number of benzene rings is 2. The molecule has 200 valence electrons. The quantitative estimate of drug-likeness (QED) is 0.265. The Labute approximate surface area is 227 Å². The molecule has 2 nitrogen and oxygen atoms in total. The van der Waals surface area contributed by atoms with Crippen LogP contribution in [0.5, 0.6) is 0 Å². The van der Waals surface area contributed by atoms with Gasteiger partial charge in [0.1, 0.15) is 6.29 Å². The monoisotopic (exact) mass is 499 g/mol. The largest absolute Gasteiger partial charge is 0.298 e. The maximum Gasteiger partial charge on any atom is 0.150 e. The second-order valence-corrected chi connectivity index (χ2v) is 10.5. The van der Waals surface area contributed by atoms with Crippen LogP contribution in [0.25, 0.3) is 6.08 Å². The second kappa shape index (κ2) is 19.2. The van der Waals surface area contributed by atoms with Crippen molar-refractivity contribution in [2.75, 3.05) is 0 Å². The normalized spacial score (nSPS) is 18.6. The molecule has 37 heavy (non-hydrogen) atoms. The molecule has 1 aliphatic rings. The number of rotatable bonds is 3. The van der Waals surface area contributed by atoms with Gasteiger partial charge in [0.25, 0.3) is 0 Å². The van der Waals surface area contributed by atoms with Crippen molar-refractivity contribution in [1.82, 2.24) is 4.98 Å². The zero-order valence-electron chi connectivity index (χ0n) is 24.3. The molecule has 1 unspecified atom stereocenters. The zero-order valence-corrected chi connectivity index (χ0v) is 24.3. The van der Waals surface area contributed by atoms with Gasteiger partial charge < -0.3 is 0 Å². The predicted molar refractivity (Wildman–Crippen MR) is 162 cm³/mol. The summed E-state index contributed by atoms with van der Waals surface area (Å²) in [6, 6.07) is 20.1. The summed E-state index contributed by atoms with van der Waals surface area (Å²) in [6.45, 7) is 15.4. The van der Waals surface area contributed by atoms with E-state index in [9.17, 15) is 4.79 Å². The summed E-state index contributed by atoms with van der Waals surface area (Å²) < 4.78 is 0. The number of nitrogens with zero attached hydrogens (tertiary/aromatic N) is 1. The summed E-state index contributed by atoms with van der Waals surface area (Å²) >= 11 is 0. The fourth-order valence-corrected chi connectivity index (χ4v) is 4.55. The molecule has 1 aliphatic carbocycles.